The van der Waals surface area contributed by atoms with E-state index in [4.69, 9.17) is 18.9 Å². The molecule has 2 heterocycles. The van der Waals surface area contributed by atoms with Crippen LogP contribution in [0.5, 0.6) is 11.5 Å². The summed E-state index contributed by atoms with van der Waals surface area (Å²) in [5.41, 5.74) is 1.65. The number of aliphatic hydroxyl groups excluding tert-OH is 4. The first kappa shape index (κ1) is 25.9. The molecule has 0 spiro atoms. The molecule has 2 fully saturated rings. The van der Waals surface area contributed by atoms with Crippen molar-refractivity contribution in [3.05, 3.63) is 59.7 Å². The molecule has 0 amide bonds. The molecule has 2 aliphatic heterocycles. The lowest BCUT2D eigenvalue weighted by Crippen LogP contribution is -2.44. The van der Waals surface area contributed by atoms with Crippen molar-refractivity contribution in [1.82, 2.24) is 0 Å². The highest BCUT2D eigenvalue weighted by Gasteiger charge is 2.36. The maximum absolute atomic E-state index is 10.3. The summed E-state index contributed by atoms with van der Waals surface area (Å²) in [6, 6.07) is 15.0. The maximum atomic E-state index is 10.3. The summed E-state index contributed by atoms with van der Waals surface area (Å²) >= 11 is 0. The Bertz CT molecular complexity index is 937. The summed E-state index contributed by atoms with van der Waals surface area (Å²) in [4.78, 5) is 0. The lowest BCUT2D eigenvalue weighted by Gasteiger charge is -2.36. The lowest BCUT2D eigenvalue weighted by atomic mass is 9.94. The zero-order chi connectivity index (χ0) is 24.8. The van der Waals surface area contributed by atoms with Gasteiger partial charge in [-0.1, -0.05) is 24.3 Å². The molecule has 8 heteroatoms. The molecule has 0 aromatic heterocycles. The Morgan fingerprint density at radius 3 is 2.00 bits per heavy atom. The molecule has 192 valence electrons. The molecule has 35 heavy (non-hydrogen) atoms. The van der Waals surface area contributed by atoms with Crippen LogP contribution >= 0.6 is 0 Å². The van der Waals surface area contributed by atoms with Gasteiger partial charge in [0.2, 0.25) is 0 Å². The van der Waals surface area contributed by atoms with E-state index in [1.807, 2.05) is 49.4 Å². The monoisotopic (exact) mass is 488 g/mol. The van der Waals surface area contributed by atoms with Gasteiger partial charge in [0.1, 0.15) is 29.8 Å². The second kappa shape index (κ2) is 12.2. The van der Waals surface area contributed by atoms with Gasteiger partial charge in [-0.05, 0) is 55.2 Å². The van der Waals surface area contributed by atoms with Gasteiger partial charge in [-0.15, -0.1) is 0 Å². The van der Waals surface area contributed by atoms with Crippen LogP contribution in [0.3, 0.4) is 0 Å². The Balaban J connectivity index is 1.25. The molecule has 0 radical (unpaired) electrons. The highest BCUT2D eigenvalue weighted by molar-refractivity contribution is 5.32. The van der Waals surface area contributed by atoms with Gasteiger partial charge in [0.25, 0.3) is 0 Å². The van der Waals surface area contributed by atoms with E-state index in [0.29, 0.717) is 25.4 Å². The van der Waals surface area contributed by atoms with Gasteiger partial charge in [-0.3, -0.25) is 0 Å². The Morgan fingerprint density at radius 2 is 1.40 bits per heavy atom. The molecule has 2 saturated heterocycles. The zero-order valence-corrected chi connectivity index (χ0v) is 20.0. The third-order valence-corrected chi connectivity index (χ3v) is 6.56. The van der Waals surface area contributed by atoms with E-state index in [1.54, 1.807) is 6.07 Å². The van der Waals surface area contributed by atoms with Gasteiger partial charge in [0, 0.05) is 12.8 Å². The largest absolute Gasteiger partial charge is 0.493 e. The summed E-state index contributed by atoms with van der Waals surface area (Å²) < 4.78 is 23.4. The van der Waals surface area contributed by atoms with Crippen LogP contribution in [0.1, 0.15) is 55.9 Å². The topological polar surface area (TPSA) is 118 Å². The van der Waals surface area contributed by atoms with Crippen molar-refractivity contribution in [2.75, 3.05) is 19.8 Å². The molecule has 0 bridgehead atoms. The highest BCUT2D eigenvalue weighted by Crippen LogP contribution is 2.34. The van der Waals surface area contributed by atoms with Crippen LogP contribution in [-0.4, -0.2) is 70.8 Å². The van der Waals surface area contributed by atoms with E-state index in [1.165, 1.54) is 0 Å². The summed E-state index contributed by atoms with van der Waals surface area (Å²) in [7, 11) is 0. The second-order valence-electron chi connectivity index (χ2n) is 9.36. The van der Waals surface area contributed by atoms with Gasteiger partial charge in [-0.25, -0.2) is 0 Å². The molecule has 0 aliphatic carbocycles. The van der Waals surface area contributed by atoms with Gasteiger partial charge in [0.15, 0.2) is 0 Å². The molecule has 7 atom stereocenters. The van der Waals surface area contributed by atoms with E-state index in [0.717, 1.165) is 29.7 Å². The Kier molecular flexibility index (Phi) is 8.99. The average molecular weight is 489 g/mol. The predicted molar refractivity (Wildman–Crippen MR) is 128 cm³/mol. The molecule has 4 N–H and O–H groups in total. The van der Waals surface area contributed by atoms with Crippen molar-refractivity contribution in [2.24, 2.45) is 0 Å². The van der Waals surface area contributed by atoms with E-state index in [9.17, 15) is 20.4 Å². The standard InChI is InChI=1S/C27H36O8/c1-17-9-10-22(29)26(34-17)18-5-2-7-20(13-18)32-11-4-12-33-21-8-3-6-19(14-21)27-24(31)15-23(30)25(16-28)35-27/h2-3,5-8,13-14,17,22-31H,4,9-12,15-16H2,1H3/t17?,22?,23?,24-,25+,26+,27?/m0/s1. The fourth-order valence-corrected chi connectivity index (χ4v) is 4.63. The van der Waals surface area contributed by atoms with Crippen molar-refractivity contribution >= 4 is 0 Å². The minimum Gasteiger partial charge on any atom is -0.493 e. The molecular formula is C27H36O8. The van der Waals surface area contributed by atoms with Crippen molar-refractivity contribution in [2.45, 2.75) is 75.3 Å². The van der Waals surface area contributed by atoms with Crippen molar-refractivity contribution in [3.63, 3.8) is 0 Å². The first-order valence-corrected chi connectivity index (χ1v) is 12.4. The zero-order valence-electron chi connectivity index (χ0n) is 20.0. The molecule has 4 unspecified atom stereocenters. The van der Waals surface area contributed by atoms with Crippen LogP contribution in [0.4, 0.5) is 0 Å². The first-order valence-electron chi connectivity index (χ1n) is 12.4. The average Bonchev–Trinajstić information content (AvgIpc) is 2.86. The normalized spacial score (nSPS) is 31.2. The van der Waals surface area contributed by atoms with E-state index < -0.39 is 30.5 Å². The van der Waals surface area contributed by atoms with Crippen LogP contribution in [-0.2, 0) is 9.47 Å². The Labute approximate surface area is 206 Å². The number of hydrogen-bond donors (Lipinski definition) is 4. The molecule has 4 rings (SSSR count). The Morgan fingerprint density at radius 1 is 0.800 bits per heavy atom. The van der Waals surface area contributed by atoms with Crippen LogP contribution in [0.2, 0.25) is 0 Å². The fourth-order valence-electron chi connectivity index (χ4n) is 4.63. The van der Waals surface area contributed by atoms with Gasteiger partial charge in [0.05, 0.1) is 44.2 Å². The SMILES string of the molecule is CC1CCC(O)[C@@H](c2cccc(OCCCOc3cccc(C4O[C@H](CO)C(O)C[C@@H]4O)c3)c2)O1. The quantitative estimate of drug-likeness (QED) is 0.398. The first-order chi connectivity index (χ1) is 16.9. The van der Waals surface area contributed by atoms with Crippen LogP contribution in [0, 0.1) is 0 Å². The summed E-state index contributed by atoms with van der Waals surface area (Å²) in [5.74, 6) is 1.37. The summed E-state index contributed by atoms with van der Waals surface area (Å²) in [6.45, 7) is 2.62. The minimum atomic E-state index is -0.893. The fraction of sp³-hybridized carbons (Fsp3) is 0.556. The number of benzene rings is 2. The third kappa shape index (κ3) is 6.73. The van der Waals surface area contributed by atoms with Gasteiger partial charge in [-0.2, -0.15) is 0 Å². The second-order valence-corrected chi connectivity index (χ2v) is 9.36. The number of rotatable bonds is 9. The molecular weight excluding hydrogens is 452 g/mol. The van der Waals surface area contributed by atoms with E-state index in [-0.39, 0.29) is 25.2 Å². The van der Waals surface area contributed by atoms with Crippen molar-refractivity contribution in [1.29, 1.82) is 0 Å². The van der Waals surface area contributed by atoms with Crippen molar-refractivity contribution < 1.29 is 39.4 Å². The molecule has 2 aromatic rings. The molecule has 2 aliphatic rings. The third-order valence-electron chi connectivity index (χ3n) is 6.56. The van der Waals surface area contributed by atoms with Crippen LogP contribution in [0.15, 0.2) is 48.5 Å². The van der Waals surface area contributed by atoms with Gasteiger partial charge < -0.3 is 39.4 Å². The summed E-state index contributed by atoms with van der Waals surface area (Å²) in [6.07, 6.45) is -1.44. The molecule has 2 aromatic carbocycles. The number of hydrogen-bond acceptors (Lipinski definition) is 8. The number of ether oxygens (including phenoxy) is 4. The smallest absolute Gasteiger partial charge is 0.119 e. The van der Waals surface area contributed by atoms with E-state index in [2.05, 4.69) is 0 Å². The van der Waals surface area contributed by atoms with Crippen LogP contribution < -0.4 is 9.47 Å². The van der Waals surface area contributed by atoms with E-state index >= 15 is 0 Å². The number of aliphatic hydroxyl groups is 4. The predicted octanol–water partition coefficient (Wildman–Crippen LogP) is 2.68. The maximum Gasteiger partial charge on any atom is 0.119 e. The van der Waals surface area contributed by atoms with Gasteiger partial charge >= 0.3 is 0 Å². The minimum absolute atomic E-state index is 0.124. The summed E-state index contributed by atoms with van der Waals surface area (Å²) in [5, 5.41) is 40.0. The van der Waals surface area contributed by atoms with Crippen LogP contribution in [0.25, 0.3) is 0 Å². The van der Waals surface area contributed by atoms with Crippen molar-refractivity contribution in [3.8, 4) is 11.5 Å². The molecule has 0 saturated carbocycles. The lowest BCUT2D eigenvalue weighted by molar-refractivity contribution is -0.181. The Hall–Kier alpha value is -2.20. The molecule has 8 nitrogen and oxygen atoms in total. The highest BCUT2D eigenvalue weighted by atomic mass is 16.5.